The molecule has 0 saturated carbocycles. The average molecular weight is 352 g/mol. The fourth-order valence-electron chi connectivity index (χ4n) is 2.74. The maximum atomic E-state index is 12.2. The molecular weight excluding hydrogens is 332 g/mol. The molecule has 3 rings (SSSR count). The van der Waals surface area contributed by atoms with Crippen LogP contribution in [-0.2, 0) is 22.6 Å². The summed E-state index contributed by atoms with van der Waals surface area (Å²) < 4.78 is 0. The summed E-state index contributed by atoms with van der Waals surface area (Å²) in [5, 5.41) is 8.91. The van der Waals surface area contributed by atoms with Crippen LogP contribution in [0.25, 0.3) is 10.8 Å². The van der Waals surface area contributed by atoms with Crippen molar-refractivity contribution in [2.45, 2.75) is 13.0 Å². The monoisotopic (exact) mass is 352 g/mol. The Hall–Kier alpha value is -2.66. The maximum Gasteiger partial charge on any atom is 0.242 e. The minimum Gasteiger partial charge on any atom is -0.347 e. The Kier molecular flexibility index (Phi) is 5.46. The normalized spacial score (nSPS) is 10.6. The maximum absolute atomic E-state index is 12.2. The summed E-state index contributed by atoms with van der Waals surface area (Å²) in [4.78, 5) is 26.0. The molecular formula is C20H20N2O2S. The highest BCUT2D eigenvalue weighted by Crippen LogP contribution is 2.18. The molecule has 0 saturated heterocycles. The Balaban J connectivity index is 1.54. The van der Waals surface area contributed by atoms with E-state index in [0.29, 0.717) is 6.54 Å². The highest BCUT2D eigenvalue weighted by atomic mass is 32.1. The number of benzene rings is 2. The summed E-state index contributed by atoms with van der Waals surface area (Å²) in [6.07, 6.45) is 0.267. The van der Waals surface area contributed by atoms with Crippen LogP contribution in [0.5, 0.6) is 0 Å². The number of nitrogens with one attached hydrogen (secondary N) is 1. The van der Waals surface area contributed by atoms with Gasteiger partial charge in [-0.05, 0) is 38.7 Å². The molecule has 1 N–H and O–H groups in total. The van der Waals surface area contributed by atoms with Crippen molar-refractivity contribution in [3.63, 3.8) is 0 Å². The molecule has 0 aliphatic carbocycles. The second kappa shape index (κ2) is 7.94. The lowest BCUT2D eigenvalue weighted by molar-refractivity contribution is -0.132. The highest BCUT2D eigenvalue weighted by molar-refractivity contribution is 7.07. The number of carbonyl (C=O) groups excluding carboxylic acids is 2. The molecule has 5 heteroatoms. The molecule has 0 bridgehead atoms. The Labute approximate surface area is 151 Å². The van der Waals surface area contributed by atoms with Gasteiger partial charge in [0.25, 0.3) is 0 Å². The molecule has 0 unspecified atom stereocenters. The van der Waals surface area contributed by atoms with Gasteiger partial charge in [0, 0.05) is 13.6 Å². The second-order valence-corrected chi connectivity index (χ2v) is 6.75. The number of carbonyl (C=O) groups is 2. The first kappa shape index (κ1) is 17.2. The minimum absolute atomic E-state index is 0.0181. The van der Waals surface area contributed by atoms with E-state index in [0.717, 1.165) is 21.9 Å². The summed E-state index contributed by atoms with van der Waals surface area (Å²) in [5.41, 5.74) is 2.07. The van der Waals surface area contributed by atoms with Crippen LogP contribution < -0.4 is 5.32 Å². The van der Waals surface area contributed by atoms with Gasteiger partial charge in [0.15, 0.2) is 0 Å². The molecule has 25 heavy (non-hydrogen) atoms. The summed E-state index contributed by atoms with van der Waals surface area (Å²) in [6.45, 7) is 0.575. The van der Waals surface area contributed by atoms with E-state index in [1.807, 2.05) is 59.3 Å². The number of amides is 2. The van der Waals surface area contributed by atoms with Gasteiger partial charge in [-0.2, -0.15) is 11.3 Å². The minimum atomic E-state index is -0.145. The Morgan fingerprint density at radius 2 is 1.88 bits per heavy atom. The van der Waals surface area contributed by atoms with Crippen molar-refractivity contribution in [2.75, 3.05) is 13.6 Å². The first-order chi connectivity index (χ1) is 12.1. The summed E-state index contributed by atoms with van der Waals surface area (Å²) in [7, 11) is 1.75. The molecule has 2 amide bonds. The van der Waals surface area contributed by atoms with Gasteiger partial charge in [0.1, 0.15) is 0 Å². The number of thiophene rings is 1. The van der Waals surface area contributed by atoms with Gasteiger partial charge in [-0.1, -0.05) is 42.5 Å². The van der Waals surface area contributed by atoms with Gasteiger partial charge in [-0.15, -0.1) is 0 Å². The molecule has 1 heterocycles. The molecule has 0 fully saturated rings. The molecule has 0 aliphatic rings. The van der Waals surface area contributed by atoms with Crippen molar-refractivity contribution in [1.29, 1.82) is 0 Å². The van der Waals surface area contributed by atoms with Gasteiger partial charge in [-0.25, -0.2) is 0 Å². The largest absolute Gasteiger partial charge is 0.347 e. The molecule has 0 radical (unpaired) electrons. The Morgan fingerprint density at radius 3 is 2.68 bits per heavy atom. The van der Waals surface area contributed by atoms with Crippen LogP contribution in [0.15, 0.2) is 59.3 Å². The highest BCUT2D eigenvalue weighted by Gasteiger charge is 2.12. The van der Waals surface area contributed by atoms with Crippen molar-refractivity contribution in [3.8, 4) is 0 Å². The van der Waals surface area contributed by atoms with Crippen LogP contribution in [0.2, 0.25) is 0 Å². The van der Waals surface area contributed by atoms with Crippen LogP contribution in [-0.4, -0.2) is 30.3 Å². The molecule has 3 aromatic rings. The van der Waals surface area contributed by atoms with Crippen LogP contribution in [0, 0.1) is 0 Å². The van der Waals surface area contributed by atoms with Crippen LogP contribution in [0.3, 0.4) is 0 Å². The van der Waals surface area contributed by atoms with Crippen LogP contribution >= 0.6 is 11.3 Å². The lowest BCUT2D eigenvalue weighted by Gasteiger charge is -2.17. The van der Waals surface area contributed by atoms with Crippen molar-refractivity contribution < 1.29 is 9.59 Å². The number of hydrogen-bond acceptors (Lipinski definition) is 3. The number of hydrogen-bond donors (Lipinski definition) is 1. The number of likely N-dealkylation sites (N-methyl/N-ethyl adjacent to an activating group) is 1. The quantitative estimate of drug-likeness (QED) is 0.740. The molecule has 0 atom stereocenters. The fourth-order valence-corrected chi connectivity index (χ4v) is 3.40. The molecule has 2 aromatic carbocycles. The summed E-state index contributed by atoms with van der Waals surface area (Å²) in [6, 6.07) is 15.9. The van der Waals surface area contributed by atoms with Crippen LogP contribution in [0.1, 0.15) is 11.1 Å². The van der Waals surface area contributed by atoms with Gasteiger partial charge in [0.2, 0.25) is 11.8 Å². The zero-order valence-electron chi connectivity index (χ0n) is 14.1. The SMILES string of the molecule is CN(Cc1ccsc1)C(=O)CNC(=O)Cc1cccc2ccccc12. The third-order valence-electron chi connectivity index (χ3n) is 4.09. The predicted molar refractivity (Wildman–Crippen MR) is 101 cm³/mol. The third-order valence-corrected chi connectivity index (χ3v) is 4.83. The van der Waals surface area contributed by atoms with E-state index in [1.165, 1.54) is 0 Å². The van der Waals surface area contributed by atoms with Crippen LogP contribution in [0.4, 0.5) is 0 Å². The predicted octanol–water partition coefficient (Wildman–Crippen LogP) is 3.22. The molecule has 1 aromatic heterocycles. The van der Waals surface area contributed by atoms with E-state index < -0.39 is 0 Å². The van der Waals surface area contributed by atoms with E-state index in [2.05, 4.69) is 5.32 Å². The van der Waals surface area contributed by atoms with E-state index in [1.54, 1.807) is 23.3 Å². The fraction of sp³-hybridized carbons (Fsp3) is 0.200. The van der Waals surface area contributed by atoms with Crippen molar-refractivity contribution >= 4 is 33.9 Å². The van der Waals surface area contributed by atoms with Gasteiger partial charge < -0.3 is 10.2 Å². The molecule has 4 nitrogen and oxygen atoms in total. The van der Waals surface area contributed by atoms with Crippen molar-refractivity contribution in [1.82, 2.24) is 10.2 Å². The lowest BCUT2D eigenvalue weighted by Crippen LogP contribution is -2.38. The summed E-state index contributed by atoms with van der Waals surface area (Å²) in [5.74, 6) is -0.244. The number of fused-ring (bicyclic) bond motifs is 1. The second-order valence-electron chi connectivity index (χ2n) is 5.97. The van der Waals surface area contributed by atoms with E-state index in [4.69, 9.17) is 0 Å². The lowest BCUT2D eigenvalue weighted by atomic mass is 10.0. The number of rotatable bonds is 6. The van der Waals surface area contributed by atoms with E-state index >= 15 is 0 Å². The van der Waals surface area contributed by atoms with Gasteiger partial charge in [-0.3, -0.25) is 9.59 Å². The van der Waals surface area contributed by atoms with Gasteiger partial charge in [0.05, 0.1) is 13.0 Å². The molecule has 128 valence electrons. The topological polar surface area (TPSA) is 49.4 Å². The number of nitrogens with zero attached hydrogens (tertiary/aromatic N) is 1. The standard InChI is InChI=1S/C20H20N2O2S/c1-22(13-15-9-10-25-14-15)20(24)12-21-19(23)11-17-7-4-6-16-5-2-3-8-18(16)17/h2-10,14H,11-13H2,1H3,(H,21,23). The zero-order valence-corrected chi connectivity index (χ0v) is 14.9. The first-order valence-electron chi connectivity index (χ1n) is 8.12. The van der Waals surface area contributed by atoms with E-state index in [-0.39, 0.29) is 24.8 Å². The van der Waals surface area contributed by atoms with Crippen molar-refractivity contribution in [2.24, 2.45) is 0 Å². The van der Waals surface area contributed by atoms with Gasteiger partial charge >= 0.3 is 0 Å². The summed E-state index contributed by atoms with van der Waals surface area (Å²) >= 11 is 1.61. The third kappa shape index (κ3) is 4.45. The van der Waals surface area contributed by atoms with E-state index in [9.17, 15) is 9.59 Å². The average Bonchev–Trinajstić information content (AvgIpc) is 3.13. The Bertz CT molecular complexity index is 869. The molecule has 0 spiro atoms. The van der Waals surface area contributed by atoms with Crippen molar-refractivity contribution in [3.05, 3.63) is 70.4 Å². The smallest absolute Gasteiger partial charge is 0.242 e. The zero-order chi connectivity index (χ0) is 17.6. The first-order valence-corrected chi connectivity index (χ1v) is 9.06. The molecule has 0 aliphatic heterocycles. The Morgan fingerprint density at radius 1 is 1.08 bits per heavy atom.